The quantitative estimate of drug-likeness (QED) is 0.122. The molecule has 0 atom stereocenters. The first-order valence-corrected chi connectivity index (χ1v) is 11.3. The minimum Gasteiger partial charge on any atom is -0.493 e. The Hall–Kier alpha value is -4.33. The fourth-order valence-corrected chi connectivity index (χ4v) is 3.88. The molecule has 4 nitrogen and oxygen atoms in total. The first-order valence-electron chi connectivity index (χ1n) is 11.0. The second kappa shape index (κ2) is 11.2. The van der Waals surface area contributed by atoms with Gasteiger partial charge in [0.2, 0.25) is 0 Å². The normalized spacial score (nSPS) is 11.1. The van der Waals surface area contributed by atoms with Crippen molar-refractivity contribution in [1.82, 2.24) is 0 Å². The Balaban J connectivity index is 1.63. The van der Waals surface area contributed by atoms with E-state index >= 15 is 0 Å². The second-order valence-corrected chi connectivity index (χ2v) is 8.20. The van der Waals surface area contributed by atoms with Crippen LogP contribution in [-0.2, 0) is 4.79 Å². The third-order valence-corrected chi connectivity index (χ3v) is 5.74. The molecule has 0 bridgehead atoms. The van der Waals surface area contributed by atoms with Crippen LogP contribution in [0.4, 0.5) is 0 Å². The molecule has 0 spiro atoms. The Bertz CT molecular complexity index is 1340. The first kappa shape index (κ1) is 23.8. The zero-order valence-corrected chi connectivity index (χ0v) is 19.8. The molecule has 0 amide bonds. The molecule has 0 saturated carbocycles. The van der Waals surface area contributed by atoms with Gasteiger partial charge in [-0.3, -0.25) is 4.79 Å². The van der Waals surface area contributed by atoms with Gasteiger partial charge in [-0.25, -0.2) is 0 Å². The molecule has 0 unspecified atom stereocenters. The van der Waals surface area contributed by atoms with E-state index in [4.69, 9.17) is 21.1 Å². The molecule has 4 rings (SSSR count). The number of hydrogen-bond donors (Lipinski definition) is 0. The van der Waals surface area contributed by atoms with Crippen LogP contribution < -0.4 is 9.47 Å². The highest BCUT2D eigenvalue weighted by Gasteiger charge is 2.25. The lowest BCUT2D eigenvalue weighted by atomic mass is 9.91. The molecule has 0 N–H and O–H groups in total. The average Bonchev–Trinajstić information content (AvgIpc) is 2.90. The summed E-state index contributed by atoms with van der Waals surface area (Å²) in [5.41, 5.74) is 3.63. The van der Waals surface area contributed by atoms with Crippen molar-refractivity contribution in [3.63, 3.8) is 0 Å². The van der Waals surface area contributed by atoms with Crippen molar-refractivity contribution in [3.05, 3.63) is 130 Å². The van der Waals surface area contributed by atoms with Crippen LogP contribution in [0.5, 0.6) is 11.5 Å². The zero-order chi connectivity index (χ0) is 24.6. The van der Waals surface area contributed by atoms with Gasteiger partial charge in [0.1, 0.15) is 5.92 Å². The van der Waals surface area contributed by atoms with Crippen molar-refractivity contribution in [2.24, 2.45) is 0 Å². The number of hydrogen-bond acceptors (Lipinski definition) is 4. The topological polar surface area (TPSA) is 59.3 Å². The van der Waals surface area contributed by atoms with Gasteiger partial charge in [-0.2, -0.15) is 5.26 Å². The van der Waals surface area contributed by atoms with E-state index in [0.29, 0.717) is 22.1 Å². The number of carbonyl (C=O) groups excluding carboxylic acids is 1. The molecule has 0 heterocycles. The number of benzene rings is 4. The van der Waals surface area contributed by atoms with E-state index in [9.17, 15) is 10.1 Å². The smallest absolute Gasteiger partial charge is 0.323 e. The van der Waals surface area contributed by atoms with E-state index in [-0.39, 0.29) is 0 Å². The summed E-state index contributed by atoms with van der Waals surface area (Å²) >= 11 is 5.96. The summed E-state index contributed by atoms with van der Waals surface area (Å²) in [5.74, 6) is -0.309. The van der Waals surface area contributed by atoms with Crippen LogP contribution in [0.3, 0.4) is 0 Å². The molecule has 5 heteroatoms. The molecule has 0 aliphatic carbocycles. The van der Waals surface area contributed by atoms with Gasteiger partial charge in [-0.1, -0.05) is 90.5 Å². The lowest BCUT2D eigenvalue weighted by Crippen LogP contribution is -2.20. The molecule has 4 aromatic carbocycles. The average molecular weight is 480 g/mol. The van der Waals surface area contributed by atoms with Crippen molar-refractivity contribution >= 4 is 29.2 Å². The summed E-state index contributed by atoms with van der Waals surface area (Å²) in [6.45, 7) is 0. The van der Waals surface area contributed by atoms with Gasteiger partial charge in [0.25, 0.3) is 0 Å². The van der Waals surface area contributed by atoms with Gasteiger partial charge in [0.15, 0.2) is 11.5 Å². The Labute approximate surface area is 209 Å². The van der Waals surface area contributed by atoms with Crippen molar-refractivity contribution in [3.8, 4) is 17.6 Å². The van der Waals surface area contributed by atoms with Gasteiger partial charge in [0, 0.05) is 5.02 Å². The molecular formula is C30H22ClNO3. The molecular weight excluding hydrogens is 458 g/mol. The number of esters is 1. The van der Waals surface area contributed by atoms with Crippen LogP contribution in [0, 0.1) is 11.3 Å². The van der Waals surface area contributed by atoms with E-state index in [2.05, 4.69) is 6.07 Å². The van der Waals surface area contributed by atoms with Crippen LogP contribution >= 0.6 is 11.6 Å². The fourth-order valence-electron chi connectivity index (χ4n) is 3.76. The Morgan fingerprint density at radius 3 is 2.00 bits per heavy atom. The van der Waals surface area contributed by atoms with Crippen molar-refractivity contribution in [2.75, 3.05) is 7.11 Å². The summed E-state index contributed by atoms with van der Waals surface area (Å²) < 4.78 is 11.3. The van der Waals surface area contributed by atoms with Crippen LogP contribution in [-0.4, -0.2) is 13.1 Å². The largest absolute Gasteiger partial charge is 0.493 e. The third-order valence-electron chi connectivity index (χ3n) is 5.49. The fraction of sp³-hybridized carbons (Fsp3) is 0.0667. The predicted molar refractivity (Wildman–Crippen MR) is 138 cm³/mol. The summed E-state index contributed by atoms with van der Waals surface area (Å²) in [7, 11) is 1.51. The molecule has 0 aliphatic rings. The summed E-state index contributed by atoms with van der Waals surface area (Å²) in [6.07, 6.45) is 1.74. The van der Waals surface area contributed by atoms with Gasteiger partial charge in [-0.15, -0.1) is 0 Å². The standard InChI is InChI=1S/C30H22ClNO3/c1-34-28-19-21(18-25(20-32)22-13-15-26(31)16-14-22)12-17-27(28)35-30(33)29(23-8-4-2-5-9-23)24-10-6-3-7-11-24/h2-19,29H,1H3/b25-18-. The van der Waals surface area contributed by atoms with Gasteiger partial charge in [-0.05, 0) is 52.6 Å². The Morgan fingerprint density at radius 1 is 0.857 bits per heavy atom. The van der Waals surface area contributed by atoms with E-state index in [1.54, 1.807) is 48.5 Å². The van der Waals surface area contributed by atoms with Crippen molar-refractivity contribution in [2.45, 2.75) is 5.92 Å². The molecule has 0 aromatic heterocycles. The Kier molecular flexibility index (Phi) is 7.62. The molecule has 0 fully saturated rings. The Morgan fingerprint density at radius 2 is 1.46 bits per heavy atom. The number of halogens is 1. The highest BCUT2D eigenvalue weighted by molar-refractivity contribution is 6.30. The third kappa shape index (κ3) is 5.78. The SMILES string of the molecule is COc1cc(/C=C(/C#N)c2ccc(Cl)cc2)ccc1OC(=O)C(c1ccccc1)c1ccccc1. The minimum atomic E-state index is -0.586. The van der Waals surface area contributed by atoms with Crippen LogP contribution in [0.1, 0.15) is 28.2 Å². The van der Waals surface area contributed by atoms with Crippen molar-refractivity contribution < 1.29 is 14.3 Å². The number of nitriles is 1. The number of rotatable bonds is 7. The lowest BCUT2D eigenvalue weighted by Gasteiger charge is -2.18. The maximum atomic E-state index is 13.4. The van der Waals surface area contributed by atoms with E-state index in [1.165, 1.54) is 7.11 Å². The van der Waals surface area contributed by atoms with Crippen molar-refractivity contribution in [1.29, 1.82) is 5.26 Å². The maximum Gasteiger partial charge on any atom is 0.323 e. The molecule has 172 valence electrons. The summed E-state index contributed by atoms with van der Waals surface area (Å²) in [6, 6.07) is 33.5. The predicted octanol–water partition coefficient (Wildman–Crippen LogP) is 7.15. The van der Waals surface area contributed by atoms with Crippen LogP contribution in [0.2, 0.25) is 5.02 Å². The lowest BCUT2D eigenvalue weighted by molar-refractivity contribution is -0.135. The highest BCUT2D eigenvalue weighted by Crippen LogP contribution is 2.33. The van der Waals surface area contributed by atoms with E-state index in [0.717, 1.165) is 22.3 Å². The highest BCUT2D eigenvalue weighted by atomic mass is 35.5. The maximum absolute atomic E-state index is 13.4. The van der Waals surface area contributed by atoms with Crippen LogP contribution in [0.15, 0.2) is 103 Å². The molecule has 0 radical (unpaired) electrons. The monoisotopic (exact) mass is 479 g/mol. The number of nitrogens with zero attached hydrogens (tertiary/aromatic N) is 1. The second-order valence-electron chi connectivity index (χ2n) is 7.76. The first-order chi connectivity index (χ1) is 17.1. The number of allylic oxidation sites excluding steroid dienone is 1. The molecule has 0 aliphatic heterocycles. The summed E-state index contributed by atoms with van der Waals surface area (Å²) in [5, 5.41) is 10.2. The van der Waals surface area contributed by atoms with Gasteiger partial charge < -0.3 is 9.47 Å². The van der Waals surface area contributed by atoms with Crippen LogP contribution in [0.25, 0.3) is 11.6 Å². The number of ether oxygens (including phenoxy) is 2. The van der Waals surface area contributed by atoms with Gasteiger partial charge >= 0.3 is 5.97 Å². The number of carbonyl (C=O) groups is 1. The van der Waals surface area contributed by atoms with Gasteiger partial charge in [0.05, 0.1) is 18.8 Å². The van der Waals surface area contributed by atoms with E-state index in [1.807, 2.05) is 60.7 Å². The molecule has 35 heavy (non-hydrogen) atoms. The number of methoxy groups -OCH3 is 1. The zero-order valence-electron chi connectivity index (χ0n) is 19.0. The molecule has 0 saturated heterocycles. The summed E-state index contributed by atoms with van der Waals surface area (Å²) in [4.78, 5) is 13.4. The molecule has 4 aromatic rings. The minimum absolute atomic E-state index is 0.302. The van der Waals surface area contributed by atoms with E-state index < -0.39 is 11.9 Å².